The number of anilines is 3. The van der Waals surface area contributed by atoms with Crippen molar-refractivity contribution in [2.75, 3.05) is 37.5 Å². The number of rotatable bonds is 5. The molecule has 8 heteroatoms. The number of nitrogens with one attached hydrogen (secondary N) is 1. The van der Waals surface area contributed by atoms with Crippen molar-refractivity contribution in [1.29, 1.82) is 0 Å². The van der Waals surface area contributed by atoms with Crippen molar-refractivity contribution in [3.63, 3.8) is 0 Å². The maximum absolute atomic E-state index is 14.9. The fraction of sp³-hybridized carbons (Fsp3) is 0.407. The highest BCUT2D eigenvalue weighted by Crippen LogP contribution is 2.39. The van der Waals surface area contributed by atoms with Crippen molar-refractivity contribution in [2.45, 2.75) is 45.2 Å². The largest absolute Gasteiger partial charge is 0.486 e. The summed E-state index contributed by atoms with van der Waals surface area (Å²) in [4.78, 5) is 12.9. The molecule has 0 spiro atoms. The Kier molecular flexibility index (Phi) is 6.32. The second-order valence-corrected chi connectivity index (χ2v) is 9.80. The zero-order chi connectivity index (χ0) is 24.7. The Balaban J connectivity index is 1.44. The molecule has 0 radical (unpaired) electrons. The van der Waals surface area contributed by atoms with Gasteiger partial charge in [-0.15, -0.1) is 0 Å². The number of fused-ring (bicyclic) bond motifs is 2. The van der Waals surface area contributed by atoms with Crippen molar-refractivity contribution < 1.29 is 13.5 Å². The molecule has 6 nitrogen and oxygen atoms in total. The smallest absolute Gasteiger partial charge is 0.227 e. The van der Waals surface area contributed by atoms with Crippen LogP contribution in [-0.2, 0) is 12.8 Å². The van der Waals surface area contributed by atoms with Gasteiger partial charge in [0.25, 0.3) is 0 Å². The molecule has 0 saturated heterocycles. The van der Waals surface area contributed by atoms with Crippen LogP contribution >= 0.6 is 0 Å². The van der Waals surface area contributed by atoms with Crippen LogP contribution in [0.3, 0.4) is 0 Å². The van der Waals surface area contributed by atoms with E-state index in [1.807, 2.05) is 19.9 Å². The second-order valence-electron chi connectivity index (χ2n) is 9.80. The Labute approximate surface area is 205 Å². The number of ether oxygens (including phenoxy) is 1. The van der Waals surface area contributed by atoms with Crippen LogP contribution in [0.4, 0.5) is 26.1 Å². The van der Waals surface area contributed by atoms with Crippen molar-refractivity contribution in [3.8, 4) is 17.0 Å². The van der Waals surface area contributed by atoms with Crippen LogP contribution in [-0.4, -0.2) is 54.2 Å². The van der Waals surface area contributed by atoms with Gasteiger partial charge in [0.05, 0.1) is 18.4 Å². The highest BCUT2D eigenvalue weighted by atomic mass is 19.1. The van der Waals surface area contributed by atoms with E-state index in [0.717, 1.165) is 31.1 Å². The molecule has 5 rings (SSSR count). The molecule has 1 unspecified atom stereocenters. The number of benzene rings is 2. The second kappa shape index (κ2) is 9.41. The Morgan fingerprint density at radius 1 is 1.11 bits per heavy atom. The van der Waals surface area contributed by atoms with E-state index in [1.54, 1.807) is 6.07 Å². The van der Waals surface area contributed by atoms with Gasteiger partial charge in [-0.05, 0) is 82.6 Å². The quantitative estimate of drug-likeness (QED) is 0.544. The highest BCUT2D eigenvalue weighted by molar-refractivity contribution is 5.73. The summed E-state index contributed by atoms with van der Waals surface area (Å²) in [7, 11) is 4.24. The molecule has 1 aliphatic carbocycles. The van der Waals surface area contributed by atoms with Gasteiger partial charge in [0.2, 0.25) is 5.95 Å². The fourth-order valence-corrected chi connectivity index (χ4v) is 4.99. The van der Waals surface area contributed by atoms with Crippen LogP contribution in [0.15, 0.2) is 36.5 Å². The van der Waals surface area contributed by atoms with E-state index >= 15 is 0 Å². The van der Waals surface area contributed by atoms with Crippen LogP contribution in [0.1, 0.15) is 31.4 Å². The predicted octanol–water partition coefficient (Wildman–Crippen LogP) is 5.19. The molecule has 2 heterocycles. The summed E-state index contributed by atoms with van der Waals surface area (Å²) in [6, 6.07) is 9.97. The maximum atomic E-state index is 14.9. The lowest BCUT2D eigenvalue weighted by Gasteiger charge is -2.34. The monoisotopic (exact) mass is 479 g/mol. The predicted molar refractivity (Wildman–Crippen MR) is 135 cm³/mol. The summed E-state index contributed by atoms with van der Waals surface area (Å²) in [5, 5.41) is 3.20. The summed E-state index contributed by atoms with van der Waals surface area (Å²) in [5.74, 6) is -0.672. The van der Waals surface area contributed by atoms with Crippen molar-refractivity contribution >= 4 is 17.3 Å². The molecule has 0 fully saturated rings. The standard InChI is InChI=1S/C27H31F2N5O/c1-16(2)34-9-10-35-26-22(28)13-19(14-24(26)34)25-23(29)15-30-27(32-25)31-20-7-5-18-12-21(33(3)4)8-6-17(18)11-20/h5,7,11,13-16,21H,6,8-10,12H2,1-4H3,(H,30,31,32). The zero-order valence-corrected chi connectivity index (χ0v) is 20.6. The van der Waals surface area contributed by atoms with Crippen LogP contribution in [0.25, 0.3) is 11.3 Å². The minimum atomic E-state index is -0.608. The van der Waals surface area contributed by atoms with Crippen molar-refractivity contribution in [2.24, 2.45) is 0 Å². The van der Waals surface area contributed by atoms with Gasteiger partial charge in [-0.2, -0.15) is 0 Å². The Hall–Kier alpha value is -3.26. The third-order valence-corrected chi connectivity index (χ3v) is 6.95. The first-order valence-corrected chi connectivity index (χ1v) is 12.1. The fourth-order valence-electron chi connectivity index (χ4n) is 4.99. The van der Waals surface area contributed by atoms with Gasteiger partial charge in [-0.1, -0.05) is 6.07 Å². The third-order valence-electron chi connectivity index (χ3n) is 6.95. The minimum Gasteiger partial charge on any atom is -0.486 e. The molecule has 3 aromatic rings. The van der Waals surface area contributed by atoms with E-state index in [0.29, 0.717) is 30.4 Å². The van der Waals surface area contributed by atoms with Gasteiger partial charge in [0.15, 0.2) is 17.4 Å². The average Bonchev–Trinajstić information content (AvgIpc) is 2.84. The zero-order valence-electron chi connectivity index (χ0n) is 20.6. The summed E-state index contributed by atoms with van der Waals surface area (Å²) in [5.41, 5.74) is 4.51. The lowest BCUT2D eigenvalue weighted by molar-refractivity contribution is 0.268. The number of aryl methyl sites for hydroxylation is 1. The van der Waals surface area contributed by atoms with Crippen LogP contribution < -0.4 is 15.0 Å². The molecule has 35 heavy (non-hydrogen) atoms. The van der Waals surface area contributed by atoms with Crippen molar-refractivity contribution in [3.05, 3.63) is 59.3 Å². The van der Waals surface area contributed by atoms with Gasteiger partial charge >= 0.3 is 0 Å². The van der Waals surface area contributed by atoms with E-state index in [-0.39, 0.29) is 23.4 Å². The first kappa shape index (κ1) is 23.5. The summed E-state index contributed by atoms with van der Waals surface area (Å²) >= 11 is 0. The molecule has 2 aromatic carbocycles. The summed E-state index contributed by atoms with van der Waals surface area (Å²) in [6.45, 7) is 5.12. The van der Waals surface area contributed by atoms with E-state index in [1.165, 1.54) is 17.2 Å². The first-order valence-electron chi connectivity index (χ1n) is 12.1. The molecule has 184 valence electrons. The molecule has 1 aliphatic heterocycles. The van der Waals surface area contributed by atoms with Gasteiger partial charge < -0.3 is 19.9 Å². The maximum Gasteiger partial charge on any atom is 0.227 e. The molecular weight excluding hydrogens is 448 g/mol. The molecule has 1 aromatic heterocycles. The number of aromatic nitrogens is 2. The summed E-state index contributed by atoms with van der Waals surface area (Å²) in [6.07, 6.45) is 4.27. The SMILES string of the molecule is CC(C)N1CCOc2c(F)cc(-c3nc(Nc4ccc5c(c4)CCC(N(C)C)C5)ncc3F)cc21. The highest BCUT2D eigenvalue weighted by Gasteiger charge is 2.26. The van der Waals surface area contributed by atoms with Gasteiger partial charge in [0.1, 0.15) is 12.3 Å². The Morgan fingerprint density at radius 2 is 1.94 bits per heavy atom. The van der Waals surface area contributed by atoms with Gasteiger partial charge in [0, 0.05) is 23.3 Å². The van der Waals surface area contributed by atoms with Crippen LogP contribution in [0, 0.1) is 11.6 Å². The average molecular weight is 480 g/mol. The molecule has 0 amide bonds. The van der Waals surface area contributed by atoms with Crippen molar-refractivity contribution in [1.82, 2.24) is 14.9 Å². The number of nitrogens with zero attached hydrogens (tertiary/aromatic N) is 4. The van der Waals surface area contributed by atoms with Gasteiger partial charge in [-0.25, -0.2) is 18.7 Å². The number of likely N-dealkylation sites (N-methyl/N-ethyl adjacent to an activating group) is 1. The molecular formula is C27H31F2N5O. The van der Waals surface area contributed by atoms with E-state index in [9.17, 15) is 8.78 Å². The molecule has 1 atom stereocenters. The summed E-state index contributed by atoms with van der Waals surface area (Å²) < 4.78 is 35.3. The van der Waals surface area contributed by atoms with Crippen LogP contribution in [0.5, 0.6) is 5.75 Å². The Bertz CT molecular complexity index is 1250. The lowest BCUT2D eigenvalue weighted by Crippen LogP contribution is -2.38. The molecule has 1 N–H and O–H groups in total. The number of hydrogen-bond donors (Lipinski definition) is 1. The number of halogens is 2. The molecule has 0 bridgehead atoms. The number of hydrogen-bond acceptors (Lipinski definition) is 6. The normalized spacial score (nSPS) is 17.3. The van der Waals surface area contributed by atoms with E-state index in [4.69, 9.17) is 4.74 Å². The van der Waals surface area contributed by atoms with Crippen LogP contribution in [0.2, 0.25) is 0 Å². The van der Waals surface area contributed by atoms with Gasteiger partial charge in [-0.3, -0.25) is 0 Å². The van der Waals surface area contributed by atoms with E-state index < -0.39 is 11.6 Å². The Morgan fingerprint density at radius 3 is 2.71 bits per heavy atom. The topological polar surface area (TPSA) is 53.5 Å². The third kappa shape index (κ3) is 4.67. The lowest BCUT2D eigenvalue weighted by atomic mass is 9.87. The first-order chi connectivity index (χ1) is 16.8. The minimum absolute atomic E-state index is 0.0465. The molecule has 0 saturated carbocycles. The molecule has 2 aliphatic rings. The van der Waals surface area contributed by atoms with E-state index in [2.05, 4.69) is 51.3 Å².